The fourth-order valence-corrected chi connectivity index (χ4v) is 1.54. The minimum absolute atomic E-state index is 0.310. The second kappa shape index (κ2) is 4.57. The third-order valence-corrected chi connectivity index (χ3v) is 2.71. The molecule has 0 N–H and O–H groups in total. The van der Waals surface area contributed by atoms with Gasteiger partial charge in [0.25, 0.3) is 0 Å². The number of methoxy groups -OCH3 is 1. The van der Waals surface area contributed by atoms with Crippen LogP contribution in [0.1, 0.15) is 17.3 Å². The van der Waals surface area contributed by atoms with Crippen LogP contribution in [-0.2, 0) is 9.53 Å². The van der Waals surface area contributed by atoms with E-state index in [9.17, 15) is 9.59 Å². The molecule has 0 fully saturated rings. The number of hydrogen-bond donors (Lipinski definition) is 0. The zero-order chi connectivity index (χ0) is 11.5. The number of ketones is 1. The van der Waals surface area contributed by atoms with Crippen LogP contribution in [0.5, 0.6) is 0 Å². The molecular formula is C11H11BrO3. The van der Waals surface area contributed by atoms with Gasteiger partial charge >= 0.3 is 5.97 Å². The number of hydrogen-bond acceptors (Lipinski definition) is 3. The van der Waals surface area contributed by atoms with Crippen LogP contribution in [0.2, 0.25) is 0 Å². The largest absolute Gasteiger partial charge is 0.468 e. The normalized spacial score (nSPS) is 14.1. The van der Waals surface area contributed by atoms with Gasteiger partial charge in [-0.1, -0.05) is 46.3 Å². The third-order valence-electron chi connectivity index (χ3n) is 2.03. The minimum Gasteiger partial charge on any atom is -0.468 e. The Morgan fingerprint density at radius 2 is 1.80 bits per heavy atom. The van der Waals surface area contributed by atoms with Crippen LogP contribution in [0.3, 0.4) is 0 Å². The van der Waals surface area contributed by atoms with Crippen LogP contribution >= 0.6 is 15.9 Å². The number of halogens is 1. The van der Waals surface area contributed by atoms with E-state index in [4.69, 9.17) is 0 Å². The van der Waals surface area contributed by atoms with Crippen molar-refractivity contribution in [2.45, 2.75) is 11.2 Å². The van der Waals surface area contributed by atoms with E-state index in [1.807, 2.05) is 0 Å². The van der Waals surface area contributed by atoms with Gasteiger partial charge in [0.15, 0.2) is 10.1 Å². The van der Waals surface area contributed by atoms with E-state index in [0.29, 0.717) is 5.56 Å². The molecule has 0 amide bonds. The van der Waals surface area contributed by atoms with Crippen molar-refractivity contribution in [3.05, 3.63) is 35.9 Å². The highest BCUT2D eigenvalue weighted by Crippen LogP contribution is 2.24. The van der Waals surface area contributed by atoms with Crippen molar-refractivity contribution in [3.8, 4) is 0 Å². The predicted octanol–water partition coefficient (Wildman–Crippen LogP) is 2.20. The summed E-state index contributed by atoms with van der Waals surface area (Å²) in [6.45, 7) is 1.48. The lowest BCUT2D eigenvalue weighted by atomic mass is 9.99. The van der Waals surface area contributed by atoms with Crippen LogP contribution in [0.15, 0.2) is 30.3 Å². The number of benzene rings is 1. The number of alkyl halides is 1. The molecule has 0 radical (unpaired) electrons. The fraction of sp³-hybridized carbons (Fsp3) is 0.273. The Kier molecular flexibility index (Phi) is 3.63. The van der Waals surface area contributed by atoms with E-state index in [0.717, 1.165) is 0 Å². The first-order valence-electron chi connectivity index (χ1n) is 4.37. The van der Waals surface area contributed by atoms with Gasteiger partial charge in [0, 0.05) is 5.56 Å². The summed E-state index contributed by atoms with van der Waals surface area (Å²) < 4.78 is 3.23. The maximum Gasteiger partial charge on any atom is 0.330 e. The highest BCUT2D eigenvalue weighted by molar-refractivity contribution is 9.10. The molecule has 3 nitrogen and oxygen atoms in total. The predicted molar refractivity (Wildman–Crippen MR) is 60.1 cm³/mol. The van der Waals surface area contributed by atoms with Crippen molar-refractivity contribution in [3.63, 3.8) is 0 Å². The van der Waals surface area contributed by atoms with E-state index in [-0.39, 0.29) is 5.78 Å². The number of carbonyl (C=O) groups excluding carboxylic acids is 2. The Hall–Kier alpha value is -1.16. The molecule has 0 spiro atoms. The monoisotopic (exact) mass is 270 g/mol. The van der Waals surface area contributed by atoms with Crippen molar-refractivity contribution in [2.24, 2.45) is 0 Å². The molecule has 80 valence electrons. The first-order chi connectivity index (χ1) is 7.00. The van der Waals surface area contributed by atoms with Gasteiger partial charge < -0.3 is 4.74 Å². The maximum absolute atomic E-state index is 11.9. The van der Waals surface area contributed by atoms with Gasteiger partial charge in [0.1, 0.15) is 0 Å². The average Bonchev–Trinajstić information content (AvgIpc) is 2.28. The summed E-state index contributed by atoms with van der Waals surface area (Å²) in [5, 5.41) is 0. The molecule has 1 unspecified atom stereocenters. The van der Waals surface area contributed by atoms with E-state index in [1.165, 1.54) is 14.0 Å². The lowest BCUT2D eigenvalue weighted by Gasteiger charge is -2.17. The minimum atomic E-state index is -1.32. The SMILES string of the molecule is COC(=O)C(C)(Br)C(=O)c1ccccc1. The van der Waals surface area contributed by atoms with Gasteiger partial charge in [-0.3, -0.25) is 9.59 Å². The lowest BCUT2D eigenvalue weighted by Crippen LogP contribution is -2.38. The summed E-state index contributed by atoms with van der Waals surface area (Å²) in [6, 6.07) is 8.61. The highest BCUT2D eigenvalue weighted by Gasteiger charge is 2.39. The molecule has 4 heteroatoms. The fourth-order valence-electron chi connectivity index (χ4n) is 1.14. The van der Waals surface area contributed by atoms with E-state index >= 15 is 0 Å². The van der Waals surface area contributed by atoms with Crippen molar-refractivity contribution in [1.82, 2.24) is 0 Å². The Bertz CT molecular complexity index is 371. The van der Waals surface area contributed by atoms with Gasteiger partial charge in [-0.2, -0.15) is 0 Å². The molecule has 15 heavy (non-hydrogen) atoms. The number of esters is 1. The second-order valence-corrected chi connectivity index (χ2v) is 4.78. The number of rotatable bonds is 3. The van der Waals surface area contributed by atoms with Crippen LogP contribution in [0, 0.1) is 0 Å². The summed E-state index contributed by atoms with van der Waals surface area (Å²) in [6.07, 6.45) is 0. The summed E-state index contributed by atoms with van der Waals surface area (Å²) in [4.78, 5) is 23.3. The maximum atomic E-state index is 11.9. The molecule has 1 rings (SSSR count). The van der Waals surface area contributed by atoms with Crippen LogP contribution < -0.4 is 0 Å². The van der Waals surface area contributed by atoms with Crippen LogP contribution in [0.4, 0.5) is 0 Å². The number of carbonyl (C=O) groups is 2. The van der Waals surface area contributed by atoms with E-state index < -0.39 is 10.3 Å². The zero-order valence-electron chi connectivity index (χ0n) is 8.49. The topological polar surface area (TPSA) is 43.4 Å². The van der Waals surface area contributed by atoms with Crippen molar-refractivity contribution >= 4 is 27.7 Å². The highest BCUT2D eigenvalue weighted by atomic mass is 79.9. The van der Waals surface area contributed by atoms with Gasteiger partial charge in [-0.25, -0.2) is 0 Å². The lowest BCUT2D eigenvalue weighted by molar-refractivity contribution is -0.141. The van der Waals surface area contributed by atoms with Crippen molar-refractivity contribution < 1.29 is 14.3 Å². The Labute approximate surface area is 96.6 Å². The van der Waals surface area contributed by atoms with E-state index in [2.05, 4.69) is 20.7 Å². The molecule has 0 saturated carbocycles. The summed E-state index contributed by atoms with van der Waals surface area (Å²) in [5.74, 6) is -0.911. The molecular weight excluding hydrogens is 260 g/mol. The van der Waals surface area contributed by atoms with Gasteiger partial charge in [0.2, 0.25) is 0 Å². The Morgan fingerprint density at radius 3 is 2.27 bits per heavy atom. The molecule has 0 saturated heterocycles. The molecule has 0 aliphatic rings. The van der Waals surface area contributed by atoms with Crippen molar-refractivity contribution in [1.29, 1.82) is 0 Å². The first-order valence-corrected chi connectivity index (χ1v) is 5.16. The van der Waals surface area contributed by atoms with Crippen molar-refractivity contribution in [2.75, 3.05) is 7.11 Å². The summed E-state index contributed by atoms with van der Waals surface area (Å²) in [7, 11) is 1.25. The van der Waals surface area contributed by atoms with Gasteiger partial charge in [-0.05, 0) is 6.92 Å². The molecule has 0 bridgehead atoms. The number of Topliss-reactive ketones (excluding diaryl/α,β-unsaturated/α-hetero) is 1. The second-order valence-electron chi connectivity index (χ2n) is 3.19. The zero-order valence-corrected chi connectivity index (χ0v) is 10.1. The Balaban J connectivity index is 3.00. The average molecular weight is 271 g/mol. The van der Waals surface area contributed by atoms with Gasteiger partial charge in [0.05, 0.1) is 7.11 Å². The van der Waals surface area contributed by atoms with E-state index in [1.54, 1.807) is 30.3 Å². The molecule has 1 aromatic rings. The quantitative estimate of drug-likeness (QED) is 0.366. The van der Waals surface area contributed by atoms with Crippen LogP contribution in [0.25, 0.3) is 0 Å². The molecule has 1 atom stereocenters. The Morgan fingerprint density at radius 1 is 1.27 bits per heavy atom. The molecule has 0 aromatic heterocycles. The molecule has 1 aromatic carbocycles. The summed E-state index contributed by atoms with van der Waals surface area (Å²) >= 11 is 3.09. The smallest absolute Gasteiger partial charge is 0.330 e. The molecule has 0 aliphatic heterocycles. The number of ether oxygens (including phenoxy) is 1. The van der Waals surface area contributed by atoms with Gasteiger partial charge in [-0.15, -0.1) is 0 Å². The summed E-state index contributed by atoms with van der Waals surface area (Å²) in [5.41, 5.74) is 0.474. The molecule has 0 aliphatic carbocycles. The van der Waals surface area contributed by atoms with Crippen LogP contribution in [-0.4, -0.2) is 23.2 Å². The third kappa shape index (κ3) is 2.45. The molecule has 0 heterocycles. The first kappa shape index (κ1) is 11.9. The standard InChI is InChI=1S/C11H11BrO3/c1-11(12,10(14)15-2)9(13)8-6-4-3-5-7-8/h3-7H,1-2H3.